The quantitative estimate of drug-likeness (QED) is 0.853. The molecule has 3 heteroatoms. The van der Waals surface area contributed by atoms with Crippen LogP contribution in [0.15, 0.2) is 54.6 Å². The van der Waals surface area contributed by atoms with Gasteiger partial charge in [-0.05, 0) is 16.7 Å². The van der Waals surface area contributed by atoms with Crippen LogP contribution in [-0.2, 0) is 29.0 Å². The van der Waals surface area contributed by atoms with E-state index in [1.807, 2.05) is 61.5 Å². The van der Waals surface area contributed by atoms with E-state index in [1.54, 1.807) is 0 Å². The van der Waals surface area contributed by atoms with Crippen molar-refractivity contribution >= 4 is 11.7 Å². The molecular formula is C19H21NO2. The van der Waals surface area contributed by atoms with Gasteiger partial charge in [0.2, 0.25) is 5.91 Å². The van der Waals surface area contributed by atoms with E-state index in [4.69, 9.17) is 0 Å². The average molecular weight is 295 g/mol. The minimum absolute atomic E-state index is 0.0113. The summed E-state index contributed by atoms with van der Waals surface area (Å²) in [4.78, 5) is 23.6. The molecule has 0 aromatic heterocycles. The van der Waals surface area contributed by atoms with Crippen molar-refractivity contribution in [1.82, 2.24) is 5.32 Å². The molecule has 0 unspecified atom stereocenters. The Morgan fingerprint density at radius 3 is 2.18 bits per heavy atom. The SMILES string of the molecule is CCC(=O)Cc1ccccc1CNC(=O)Cc1ccccc1. The van der Waals surface area contributed by atoms with Gasteiger partial charge in [0.25, 0.3) is 0 Å². The van der Waals surface area contributed by atoms with Crippen molar-refractivity contribution in [2.24, 2.45) is 0 Å². The van der Waals surface area contributed by atoms with E-state index < -0.39 is 0 Å². The highest BCUT2D eigenvalue weighted by Crippen LogP contribution is 2.11. The highest BCUT2D eigenvalue weighted by atomic mass is 16.1. The molecule has 22 heavy (non-hydrogen) atoms. The normalized spacial score (nSPS) is 10.2. The van der Waals surface area contributed by atoms with E-state index in [9.17, 15) is 9.59 Å². The van der Waals surface area contributed by atoms with Crippen LogP contribution in [0.3, 0.4) is 0 Å². The van der Waals surface area contributed by atoms with Crippen LogP contribution in [0.4, 0.5) is 0 Å². The lowest BCUT2D eigenvalue weighted by Gasteiger charge is -2.10. The summed E-state index contributed by atoms with van der Waals surface area (Å²) in [5.74, 6) is 0.200. The number of hydrogen-bond donors (Lipinski definition) is 1. The molecule has 0 aliphatic rings. The Bertz CT molecular complexity index is 635. The number of benzene rings is 2. The van der Waals surface area contributed by atoms with Crippen LogP contribution in [0.2, 0.25) is 0 Å². The van der Waals surface area contributed by atoms with Gasteiger partial charge in [-0.2, -0.15) is 0 Å². The molecule has 1 N–H and O–H groups in total. The Hall–Kier alpha value is -2.42. The molecule has 0 aliphatic heterocycles. The van der Waals surface area contributed by atoms with Crippen molar-refractivity contribution in [3.05, 3.63) is 71.3 Å². The second kappa shape index (κ2) is 8.13. The van der Waals surface area contributed by atoms with Crippen LogP contribution in [0.25, 0.3) is 0 Å². The predicted molar refractivity (Wildman–Crippen MR) is 87.4 cm³/mol. The first-order chi connectivity index (χ1) is 10.7. The lowest BCUT2D eigenvalue weighted by atomic mass is 10.0. The third kappa shape index (κ3) is 4.85. The maximum absolute atomic E-state index is 12.0. The number of carbonyl (C=O) groups is 2. The maximum Gasteiger partial charge on any atom is 0.224 e. The topological polar surface area (TPSA) is 46.2 Å². The van der Waals surface area contributed by atoms with Crippen molar-refractivity contribution in [3.8, 4) is 0 Å². The molecule has 2 rings (SSSR count). The molecule has 2 aromatic rings. The van der Waals surface area contributed by atoms with Crippen molar-refractivity contribution in [1.29, 1.82) is 0 Å². The molecule has 0 saturated carbocycles. The third-order valence-electron chi connectivity index (χ3n) is 3.58. The molecule has 0 spiro atoms. The van der Waals surface area contributed by atoms with Crippen LogP contribution < -0.4 is 5.32 Å². The summed E-state index contributed by atoms with van der Waals surface area (Å²) >= 11 is 0. The van der Waals surface area contributed by atoms with E-state index >= 15 is 0 Å². The Balaban J connectivity index is 1.93. The first-order valence-electron chi connectivity index (χ1n) is 7.58. The van der Waals surface area contributed by atoms with E-state index in [1.165, 1.54) is 0 Å². The number of carbonyl (C=O) groups excluding carboxylic acids is 2. The molecule has 0 heterocycles. The monoisotopic (exact) mass is 295 g/mol. The molecule has 2 aromatic carbocycles. The fourth-order valence-corrected chi connectivity index (χ4v) is 2.28. The average Bonchev–Trinajstić information content (AvgIpc) is 2.55. The summed E-state index contributed by atoms with van der Waals surface area (Å²) in [5.41, 5.74) is 2.99. The first kappa shape index (κ1) is 16.0. The van der Waals surface area contributed by atoms with Gasteiger partial charge in [0.15, 0.2) is 0 Å². The van der Waals surface area contributed by atoms with Gasteiger partial charge >= 0.3 is 0 Å². The molecule has 114 valence electrons. The molecule has 0 aliphatic carbocycles. The van der Waals surface area contributed by atoms with Crippen molar-refractivity contribution in [2.45, 2.75) is 32.7 Å². The smallest absolute Gasteiger partial charge is 0.224 e. The molecule has 3 nitrogen and oxygen atoms in total. The lowest BCUT2D eigenvalue weighted by molar-refractivity contribution is -0.120. The Morgan fingerprint density at radius 1 is 0.864 bits per heavy atom. The van der Waals surface area contributed by atoms with Crippen molar-refractivity contribution in [3.63, 3.8) is 0 Å². The Morgan fingerprint density at radius 2 is 1.50 bits per heavy atom. The summed E-state index contributed by atoms with van der Waals surface area (Å²) < 4.78 is 0. The van der Waals surface area contributed by atoms with Crippen LogP contribution in [0, 0.1) is 0 Å². The van der Waals surface area contributed by atoms with Crippen molar-refractivity contribution < 1.29 is 9.59 Å². The van der Waals surface area contributed by atoms with E-state index in [0.29, 0.717) is 25.8 Å². The highest BCUT2D eigenvalue weighted by Gasteiger charge is 2.08. The summed E-state index contributed by atoms with van der Waals surface area (Å²) in [6, 6.07) is 17.4. The van der Waals surface area contributed by atoms with Crippen molar-refractivity contribution in [2.75, 3.05) is 0 Å². The van der Waals surface area contributed by atoms with Gasteiger partial charge in [0.05, 0.1) is 6.42 Å². The molecule has 1 amide bonds. The van der Waals surface area contributed by atoms with E-state index in [-0.39, 0.29) is 11.7 Å². The predicted octanol–water partition coefficient (Wildman–Crippen LogP) is 3.07. The van der Waals surface area contributed by atoms with Gasteiger partial charge in [-0.15, -0.1) is 0 Å². The summed E-state index contributed by atoms with van der Waals surface area (Å²) in [6.45, 7) is 2.32. The molecular weight excluding hydrogens is 274 g/mol. The summed E-state index contributed by atoms with van der Waals surface area (Å²) in [6.07, 6.45) is 1.34. The van der Waals surface area contributed by atoms with Crippen LogP contribution in [0.5, 0.6) is 0 Å². The summed E-state index contributed by atoms with van der Waals surface area (Å²) in [5, 5.41) is 2.93. The van der Waals surface area contributed by atoms with Gasteiger partial charge in [0.1, 0.15) is 5.78 Å². The van der Waals surface area contributed by atoms with Gasteiger partial charge in [-0.25, -0.2) is 0 Å². The lowest BCUT2D eigenvalue weighted by Crippen LogP contribution is -2.25. The number of ketones is 1. The number of amides is 1. The van der Waals surface area contributed by atoms with E-state index in [2.05, 4.69) is 5.32 Å². The number of nitrogens with one attached hydrogen (secondary N) is 1. The zero-order valence-electron chi connectivity index (χ0n) is 12.8. The number of hydrogen-bond acceptors (Lipinski definition) is 2. The number of rotatable bonds is 7. The van der Waals surface area contributed by atoms with Crippen LogP contribution in [-0.4, -0.2) is 11.7 Å². The van der Waals surface area contributed by atoms with Gasteiger partial charge in [-0.1, -0.05) is 61.5 Å². The van der Waals surface area contributed by atoms with E-state index in [0.717, 1.165) is 16.7 Å². The molecule has 0 saturated heterocycles. The zero-order chi connectivity index (χ0) is 15.8. The second-order valence-electron chi connectivity index (χ2n) is 5.28. The van der Waals surface area contributed by atoms with Gasteiger partial charge in [0, 0.05) is 19.4 Å². The first-order valence-corrected chi connectivity index (χ1v) is 7.58. The zero-order valence-corrected chi connectivity index (χ0v) is 12.8. The summed E-state index contributed by atoms with van der Waals surface area (Å²) in [7, 11) is 0. The minimum Gasteiger partial charge on any atom is -0.352 e. The molecule has 0 bridgehead atoms. The second-order valence-corrected chi connectivity index (χ2v) is 5.28. The van der Waals surface area contributed by atoms with Crippen LogP contribution in [0.1, 0.15) is 30.0 Å². The Labute approximate surface area is 131 Å². The minimum atomic E-state index is -0.0113. The molecule has 0 radical (unpaired) electrons. The van der Waals surface area contributed by atoms with Gasteiger partial charge in [-0.3, -0.25) is 9.59 Å². The van der Waals surface area contributed by atoms with Crippen LogP contribution >= 0.6 is 0 Å². The van der Waals surface area contributed by atoms with Gasteiger partial charge < -0.3 is 5.32 Å². The fraction of sp³-hybridized carbons (Fsp3) is 0.263. The molecule has 0 fully saturated rings. The standard InChI is InChI=1S/C19H21NO2/c1-2-18(21)13-16-10-6-7-11-17(16)14-20-19(22)12-15-8-4-3-5-9-15/h3-11H,2,12-14H2,1H3,(H,20,22). The Kier molecular flexibility index (Phi) is 5.90. The fourth-order valence-electron chi connectivity index (χ4n) is 2.28. The number of Topliss-reactive ketones (excluding diaryl/α,β-unsaturated/α-hetero) is 1. The third-order valence-corrected chi connectivity index (χ3v) is 3.58. The largest absolute Gasteiger partial charge is 0.352 e. The molecule has 0 atom stereocenters. The highest BCUT2D eigenvalue weighted by molar-refractivity contribution is 5.81. The maximum atomic E-state index is 12.0.